The van der Waals surface area contributed by atoms with Gasteiger partial charge in [-0.25, -0.2) is 9.97 Å². The summed E-state index contributed by atoms with van der Waals surface area (Å²) in [6, 6.07) is 20.6. The number of hydrogen-bond donors (Lipinski definition) is 1. The Hall–Kier alpha value is -3.41. The molecular weight excluding hydrogens is 488 g/mol. The summed E-state index contributed by atoms with van der Waals surface area (Å²) in [4.78, 5) is 21.9. The topological polar surface area (TPSA) is 87.9 Å². The molecule has 1 atom stereocenters. The van der Waals surface area contributed by atoms with Crippen LogP contribution in [0.5, 0.6) is 5.75 Å². The molecule has 1 unspecified atom stereocenters. The third kappa shape index (κ3) is 5.53. The molecule has 6 nitrogen and oxygen atoms in total. The second kappa shape index (κ2) is 11.1. The van der Waals surface area contributed by atoms with Crippen molar-refractivity contribution in [3.05, 3.63) is 77.0 Å². The second-order valence-corrected chi connectivity index (χ2v) is 10.8. The Kier molecular flexibility index (Phi) is 7.49. The molecule has 2 aromatic carbocycles. The molecule has 0 saturated heterocycles. The van der Waals surface area contributed by atoms with E-state index in [4.69, 9.17) is 9.72 Å². The van der Waals surface area contributed by atoms with Crippen LogP contribution in [0.1, 0.15) is 48.1 Å². The minimum atomic E-state index is -0.103. The minimum Gasteiger partial charge on any atom is -0.494 e. The molecule has 182 valence electrons. The smallest absolute Gasteiger partial charge is 0.226 e. The zero-order valence-electron chi connectivity index (χ0n) is 20.0. The predicted octanol–water partition coefficient (Wildman–Crippen LogP) is 6.36. The predicted molar refractivity (Wildman–Crippen MR) is 145 cm³/mol. The number of carbonyl (C=O) groups excluding carboxylic acids is 1. The first-order valence-electron chi connectivity index (χ1n) is 12.1. The van der Waals surface area contributed by atoms with Crippen molar-refractivity contribution in [2.75, 3.05) is 17.7 Å². The van der Waals surface area contributed by atoms with E-state index in [1.807, 2.05) is 37.3 Å². The number of amides is 1. The largest absolute Gasteiger partial charge is 0.494 e. The average Bonchev–Trinajstić information content (AvgIpc) is 3.30. The molecule has 0 spiro atoms. The molecule has 1 aliphatic rings. The summed E-state index contributed by atoms with van der Waals surface area (Å²) in [5.41, 5.74) is 5.00. The molecule has 4 aromatic rings. The molecule has 0 radical (unpaired) electrons. The van der Waals surface area contributed by atoms with Crippen LogP contribution in [0.2, 0.25) is 0 Å². The number of thiazole rings is 1. The Labute approximate surface area is 218 Å². The number of nitriles is 1. The number of pyridine rings is 1. The third-order valence-electron chi connectivity index (χ3n) is 6.23. The number of fused-ring (bicyclic) bond motifs is 2. The highest BCUT2D eigenvalue weighted by Gasteiger charge is 2.23. The van der Waals surface area contributed by atoms with Gasteiger partial charge in [0.2, 0.25) is 5.91 Å². The molecule has 0 aliphatic heterocycles. The van der Waals surface area contributed by atoms with Crippen LogP contribution in [0.15, 0.2) is 59.6 Å². The van der Waals surface area contributed by atoms with Gasteiger partial charge in [-0.3, -0.25) is 4.79 Å². The van der Waals surface area contributed by atoms with Gasteiger partial charge in [0.05, 0.1) is 22.4 Å². The van der Waals surface area contributed by atoms with Gasteiger partial charge in [0, 0.05) is 17.9 Å². The van der Waals surface area contributed by atoms with Gasteiger partial charge >= 0.3 is 0 Å². The van der Waals surface area contributed by atoms with E-state index in [0.29, 0.717) is 40.4 Å². The standard InChI is InChI=1S/C28H26N4O2S2/c1-2-34-22-9-11-24-25(16-22)36-28(31-24)32-26(33)12-13-35-27-21(17-29)15-20-14-19(8-10-23(20)30-27)18-6-4-3-5-7-18/h3-7,9,11,15-16,19H,2,8,10,12-14H2,1H3,(H,31,32,33). The van der Waals surface area contributed by atoms with Gasteiger partial charge in [-0.1, -0.05) is 41.7 Å². The summed E-state index contributed by atoms with van der Waals surface area (Å²) in [5.74, 6) is 1.69. The van der Waals surface area contributed by atoms with Crippen LogP contribution in [-0.2, 0) is 17.6 Å². The van der Waals surface area contributed by atoms with Crippen LogP contribution < -0.4 is 10.1 Å². The number of aryl methyl sites for hydroxylation is 1. The van der Waals surface area contributed by atoms with E-state index < -0.39 is 0 Å². The zero-order chi connectivity index (χ0) is 24.9. The number of anilines is 1. The average molecular weight is 515 g/mol. The van der Waals surface area contributed by atoms with E-state index in [2.05, 4.69) is 40.6 Å². The number of nitrogens with zero attached hydrogens (tertiary/aromatic N) is 3. The van der Waals surface area contributed by atoms with Crippen molar-refractivity contribution in [2.24, 2.45) is 0 Å². The van der Waals surface area contributed by atoms with Gasteiger partial charge in [-0.2, -0.15) is 5.26 Å². The van der Waals surface area contributed by atoms with E-state index >= 15 is 0 Å². The summed E-state index contributed by atoms with van der Waals surface area (Å²) >= 11 is 2.90. The van der Waals surface area contributed by atoms with Crippen molar-refractivity contribution >= 4 is 44.4 Å². The fourth-order valence-corrected chi connectivity index (χ4v) is 6.31. The Morgan fingerprint density at radius 2 is 2.08 bits per heavy atom. The molecule has 5 rings (SSSR count). The van der Waals surface area contributed by atoms with Crippen LogP contribution >= 0.6 is 23.1 Å². The van der Waals surface area contributed by atoms with Gasteiger partial charge in [-0.05, 0) is 67.5 Å². The highest BCUT2D eigenvalue weighted by Crippen LogP contribution is 2.35. The fraction of sp³-hybridized carbons (Fsp3) is 0.286. The molecule has 1 N–H and O–H groups in total. The minimum absolute atomic E-state index is 0.103. The lowest BCUT2D eigenvalue weighted by atomic mass is 9.82. The second-order valence-electron chi connectivity index (χ2n) is 8.64. The summed E-state index contributed by atoms with van der Waals surface area (Å²) in [7, 11) is 0. The van der Waals surface area contributed by atoms with Crippen LogP contribution in [0.3, 0.4) is 0 Å². The van der Waals surface area contributed by atoms with Crippen molar-refractivity contribution in [1.82, 2.24) is 9.97 Å². The number of aromatic nitrogens is 2. The first kappa shape index (κ1) is 24.3. The lowest BCUT2D eigenvalue weighted by molar-refractivity contribution is -0.115. The van der Waals surface area contributed by atoms with Gasteiger partial charge in [0.15, 0.2) is 5.13 Å². The molecule has 1 aliphatic carbocycles. The Morgan fingerprint density at radius 3 is 2.89 bits per heavy atom. The van der Waals surface area contributed by atoms with Crippen LogP contribution in [0, 0.1) is 11.3 Å². The molecule has 2 aromatic heterocycles. The van der Waals surface area contributed by atoms with E-state index in [-0.39, 0.29) is 5.91 Å². The highest BCUT2D eigenvalue weighted by atomic mass is 32.2. The monoisotopic (exact) mass is 514 g/mol. The van der Waals surface area contributed by atoms with Gasteiger partial charge < -0.3 is 10.1 Å². The van der Waals surface area contributed by atoms with Crippen LogP contribution in [0.25, 0.3) is 10.2 Å². The quantitative estimate of drug-likeness (QED) is 0.276. The SMILES string of the molecule is CCOc1ccc2nc(NC(=O)CCSc3nc4c(cc3C#N)CC(c3ccccc3)CC4)sc2c1. The fourth-order valence-electron chi connectivity index (χ4n) is 4.48. The maximum atomic E-state index is 12.5. The van der Waals surface area contributed by atoms with Gasteiger partial charge in [-0.15, -0.1) is 11.8 Å². The van der Waals surface area contributed by atoms with Crippen molar-refractivity contribution in [1.29, 1.82) is 5.26 Å². The number of carbonyl (C=O) groups is 1. The molecule has 0 fully saturated rings. The van der Waals surface area contributed by atoms with Gasteiger partial charge in [0.1, 0.15) is 16.8 Å². The summed E-state index contributed by atoms with van der Waals surface area (Å²) < 4.78 is 6.51. The molecule has 8 heteroatoms. The third-order valence-corrected chi connectivity index (χ3v) is 8.16. The summed E-state index contributed by atoms with van der Waals surface area (Å²) in [5, 5.41) is 13.9. The number of benzene rings is 2. The van der Waals surface area contributed by atoms with Crippen LogP contribution in [-0.4, -0.2) is 28.2 Å². The number of rotatable bonds is 8. The number of nitrogens with one attached hydrogen (secondary N) is 1. The lowest BCUT2D eigenvalue weighted by Crippen LogP contribution is -2.15. The molecule has 0 saturated carbocycles. The molecule has 36 heavy (non-hydrogen) atoms. The molecule has 0 bridgehead atoms. The molecule has 1 amide bonds. The summed E-state index contributed by atoms with van der Waals surface area (Å²) in [6.45, 7) is 2.55. The first-order chi connectivity index (χ1) is 17.6. The van der Waals surface area contributed by atoms with Crippen molar-refractivity contribution in [3.8, 4) is 11.8 Å². The van der Waals surface area contributed by atoms with Crippen molar-refractivity contribution < 1.29 is 9.53 Å². The van der Waals surface area contributed by atoms with E-state index in [1.165, 1.54) is 28.7 Å². The Bertz CT molecular complexity index is 1430. The number of ether oxygens (including phenoxy) is 1. The zero-order valence-corrected chi connectivity index (χ0v) is 21.6. The summed E-state index contributed by atoms with van der Waals surface area (Å²) in [6.07, 6.45) is 3.17. The highest BCUT2D eigenvalue weighted by molar-refractivity contribution is 7.99. The van der Waals surface area contributed by atoms with E-state index in [1.54, 1.807) is 0 Å². The molecule has 2 heterocycles. The maximum Gasteiger partial charge on any atom is 0.226 e. The lowest BCUT2D eigenvalue weighted by Gasteiger charge is -2.25. The van der Waals surface area contributed by atoms with E-state index in [0.717, 1.165) is 46.5 Å². The number of thioether (sulfide) groups is 1. The molecular formula is C28H26N4O2S2. The van der Waals surface area contributed by atoms with Gasteiger partial charge in [0.25, 0.3) is 0 Å². The Morgan fingerprint density at radius 1 is 1.22 bits per heavy atom. The maximum absolute atomic E-state index is 12.5. The van der Waals surface area contributed by atoms with Crippen molar-refractivity contribution in [3.63, 3.8) is 0 Å². The first-order valence-corrected chi connectivity index (χ1v) is 13.9. The normalized spacial score (nSPS) is 14.7. The van der Waals surface area contributed by atoms with Crippen LogP contribution in [0.4, 0.5) is 5.13 Å². The van der Waals surface area contributed by atoms with E-state index in [9.17, 15) is 10.1 Å². The van der Waals surface area contributed by atoms with Crippen molar-refractivity contribution in [2.45, 2.75) is 43.6 Å². The Balaban J connectivity index is 1.19. The number of hydrogen-bond acceptors (Lipinski definition) is 7.